The highest BCUT2D eigenvalue weighted by Crippen LogP contribution is 2.73. The summed E-state index contributed by atoms with van der Waals surface area (Å²) in [5.74, 6) is -0.566. The quantitative estimate of drug-likeness (QED) is 0.525. The smallest absolute Gasteiger partial charge is 0.374 e. The number of ketones is 1. The third kappa shape index (κ3) is 2.21. The predicted octanol–water partition coefficient (Wildman–Crippen LogP) is 4.10. The summed E-state index contributed by atoms with van der Waals surface area (Å²) in [5, 5.41) is 0. The van der Waals surface area contributed by atoms with Crippen molar-refractivity contribution in [2.45, 2.75) is 58.0 Å². The number of fused-ring (bicyclic) bond motifs is 2. The van der Waals surface area contributed by atoms with E-state index in [0.29, 0.717) is 25.0 Å². The minimum atomic E-state index is -0.890. The molecule has 0 amide bonds. The van der Waals surface area contributed by atoms with Crippen molar-refractivity contribution in [2.75, 3.05) is 6.61 Å². The lowest BCUT2D eigenvalue weighted by molar-refractivity contribution is -0.254. The molecule has 5 saturated carbocycles. The van der Waals surface area contributed by atoms with Gasteiger partial charge in [0.15, 0.2) is 5.78 Å². The highest BCUT2D eigenvalue weighted by molar-refractivity contribution is 6.03. The maximum atomic E-state index is 13.8. The third-order valence-electron chi connectivity index (χ3n) is 9.59. The van der Waals surface area contributed by atoms with Gasteiger partial charge in [-0.1, -0.05) is 19.9 Å². The maximum absolute atomic E-state index is 13.8. The molecule has 0 aromatic carbocycles. The maximum Gasteiger partial charge on any atom is 0.374 e. The van der Waals surface area contributed by atoms with E-state index in [9.17, 15) is 14.4 Å². The van der Waals surface area contributed by atoms with Crippen LogP contribution in [0.15, 0.2) is 35.0 Å². The second-order valence-electron chi connectivity index (χ2n) is 10.7. The molecule has 1 aromatic heterocycles. The van der Waals surface area contributed by atoms with E-state index in [2.05, 4.69) is 13.5 Å². The molecule has 5 aliphatic carbocycles. The first-order valence-electron chi connectivity index (χ1n) is 11.5. The van der Waals surface area contributed by atoms with Crippen molar-refractivity contribution in [3.63, 3.8) is 0 Å². The molecule has 7 atom stereocenters. The third-order valence-corrected chi connectivity index (χ3v) is 9.59. The fourth-order valence-corrected chi connectivity index (χ4v) is 8.22. The van der Waals surface area contributed by atoms with Crippen LogP contribution in [0.1, 0.15) is 62.4 Å². The average molecular weight is 424 g/mol. The first-order valence-corrected chi connectivity index (χ1v) is 11.5. The lowest BCUT2D eigenvalue weighted by atomic mass is 9.35. The Labute approximate surface area is 181 Å². The summed E-state index contributed by atoms with van der Waals surface area (Å²) in [6.45, 7) is 6.72. The molecule has 0 radical (unpaired) electrons. The second-order valence-corrected chi connectivity index (χ2v) is 10.7. The van der Waals surface area contributed by atoms with Gasteiger partial charge in [0.1, 0.15) is 6.10 Å². The van der Waals surface area contributed by atoms with Crippen molar-refractivity contribution < 1.29 is 28.3 Å². The van der Waals surface area contributed by atoms with Gasteiger partial charge in [-0.2, -0.15) is 0 Å². The summed E-state index contributed by atoms with van der Waals surface area (Å²) in [4.78, 5) is 40.1. The average Bonchev–Trinajstić information content (AvgIpc) is 3.30. The van der Waals surface area contributed by atoms with Crippen molar-refractivity contribution in [1.82, 2.24) is 0 Å². The number of carbonyl (C=O) groups excluding carboxylic acids is 3. The van der Waals surface area contributed by atoms with Gasteiger partial charge >= 0.3 is 11.9 Å². The molecule has 7 rings (SSSR count). The summed E-state index contributed by atoms with van der Waals surface area (Å²) < 4.78 is 17.2. The minimum absolute atomic E-state index is 0.00396. The molecule has 0 N–H and O–H groups in total. The Balaban J connectivity index is 1.50. The van der Waals surface area contributed by atoms with Crippen LogP contribution in [0.3, 0.4) is 0 Å². The Hall–Kier alpha value is -2.37. The Morgan fingerprint density at radius 1 is 1.16 bits per heavy atom. The van der Waals surface area contributed by atoms with Crippen LogP contribution in [0.2, 0.25) is 0 Å². The number of rotatable bonds is 2. The van der Waals surface area contributed by atoms with E-state index < -0.39 is 22.9 Å². The topological polar surface area (TPSA) is 82.8 Å². The fraction of sp³-hybridized carbons (Fsp3) is 0.640. The number of hydrogen-bond donors (Lipinski definition) is 0. The SMILES string of the molecule is C=C1C(=O)C23CC[C@H]1CC2C12CCC[C@@](C)(COC1=O)C2C[C@H]3OC(=O)c1ccco1. The summed E-state index contributed by atoms with van der Waals surface area (Å²) in [6.07, 6.45) is 6.30. The van der Waals surface area contributed by atoms with Crippen LogP contribution in [-0.4, -0.2) is 30.4 Å². The number of hydrogen-bond acceptors (Lipinski definition) is 6. The van der Waals surface area contributed by atoms with E-state index in [1.807, 2.05) is 0 Å². The zero-order chi connectivity index (χ0) is 21.6. The molecule has 4 bridgehead atoms. The number of esters is 2. The van der Waals surface area contributed by atoms with Crippen molar-refractivity contribution in [3.05, 3.63) is 36.3 Å². The largest absolute Gasteiger partial charge is 0.465 e. The van der Waals surface area contributed by atoms with Crippen LogP contribution in [0.4, 0.5) is 0 Å². The Morgan fingerprint density at radius 2 is 2.00 bits per heavy atom. The Morgan fingerprint density at radius 3 is 2.77 bits per heavy atom. The molecular formula is C25H28O6. The molecule has 6 nitrogen and oxygen atoms in total. The van der Waals surface area contributed by atoms with Gasteiger partial charge in [-0.05, 0) is 74.0 Å². The molecule has 1 spiro atoms. The lowest BCUT2D eigenvalue weighted by Crippen LogP contribution is -2.73. The fourth-order valence-electron chi connectivity index (χ4n) is 8.22. The zero-order valence-electron chi connectivity index (χ0n) is 17.9. The van der Waals surface area contributed by atoms with Crippen molar-refractivity contribution >= 4 is 17.7 Å². The summed E-state index contributed by atoms with van der Waals surface area (Å²) in [7, 11) is 0. The zero-order valence-corrected chi connectivity index (χ0v) is 17.9. The lowest BCUT2D eigenvalue weighted by Gasteiger charge is -2.69. The molecule has 6 aliphatic rings. The first kappa shape index (κ1) is 19.3. The van der Waals surface area contributed by atoms with Crippen molar-refractivity contribution in [2.24, 2.45) is 34.0 Å². The molecule has 164 valence electrons. The predicted molar refractivity (Wildman–Crippen MR) is 109 cm³/mol. The van der Waals surface area contributed by atoms with Crippen LogP contribution >= 0.6 is 0 Å². The van der Waals surface area contributed by atoms with Crippen LogP contribution in [0.25, 0.3) is 0 Å². The second kappa shape index (κ2) is 6.11. The van der Waals surface area contributed by atoms with Crippen molar-refractivity contribution in [3.8, 4) is 0 Å². The molecule has 1 aromatic rings. The molecule has 6 heteroatoms. The van der Waals surface area contributed by atoms with Gasteiger partial charge in [0.05, 0.1) is 23.7 Å². The number of cyclic esters (lactones) is 1. The van der Waals surface area contributed by atoms with Gasteiger partial charge in [-0.25, -0.2) is 4.79 Å². The van der Waals surface area contributed by atoms with Crippen LogP contribution in [0.5, 0.6) is 0 Å². The number of carbonyl (C=O) groups is 3. The van der Waals surface area contributed by atoms with Crippen molar-refractivity contribution in [1.29, 1.82) is 0 Å². The highest BCUT2D eigenvalue weighted by atomic mass is 16.6. The number of ether oxygens (including phenoxy) is 2. The monoisotopic (exact) mass is 424 g/mol. The van der Waals surface area contributed by atoms with E-state index in [-0.39, 0.29) is 40.7 Å². The summed E-state index contributed by atoms with van der Waals surface area (Å²) in [6, 6.07) is 3.23. The van der Waals surface area contributed by atoms with Crippen LogP contribution in [-0.2, 0) is 19.1 Å². The number of furan rings is 1. The molecule has 1 saturated heterocycles. The molecule has 31 heavy (non-hydrogen) atoms. The van der Waals surface area contributed by atoms with Gasteiger partial charge in [0.2, 0.25) is 5.76 Å². The first-order chi connectivity index (χ1) is 14.8. The molecular weight excluding hydrogens is 396 g/mol. The van der Waals surface area contributed by atoms with Gasteiger partial charge in [0.25, 0.3) is 0 Å². The summed E-state index contributed by atoms with van der Waals surface area (Å²) >= 11 is 0. The van der Waals surface area contributed by atoms with Gasteiger partial charge in [0, 0.05) is 5.41 Å². The van der Waals surface area contributed by atoms with E-state index in [1.54, 1.807) is 12.1 Å². The van der Waals surface area contributed by atoms with E-state index in [4.69, 9.17) is 13.9 Å². The molecule has 2 heterocycles. The van der Waals surface area contributed by atoms with Gasteiger partial charge in [-0.15, -0.1) is 0 Å². The standard InChI is InChI=1S/C25H28O6/c1-14-15-6-9-25(20(14)26)18(11-15)24-8-4-7-23(2,13-30-22(24)28)17(24)12-19(25)31-21(27)16-5-3-10-29-16/h3,5,10,15,17-19H,1,4,6-9,11-13H2,2H3/t15-,17?,18?,19+,23-,24?,25?/m0/s1. The Bertz CT molecular complexity index is 994. The van der Waals surface area contributed by atoms with E-state index in [0.717, 1.165) is 32.1 Å². The molecule has 1 aliphatic heterocycles. The Kier molecular flexibility index (Phi) is 3.81. The normalized spacial score (nSPS) is 45.5. The van der Waals surface area contributed by atoms with Gasteiger partial charge in [-0.3, -0.25) is 9.59 Å². The van der Waals surface area contributed by atoms with Crippen LogP contribution in [0, 0.1) is 34.0 Å². The van der Waals surface area contributed by atoms with Crippen LogP contribution < -0.4 is 0 Å². The van der Waals surface area contributed by atoms with E-state index in [1.165, 1.54) is 6.26 Å². The summed E-state index contributed by atoms with van der Waals surface area (Å²) in [5.41, 5.74) is -1.06. The minimum Gasteiger partial charge on any atom is -0.465 e. The van der Waals surface area contributed by atoms with E-state index >= 15 is 0 Å². The molecule has 4 unspecified atom stereocenters. The molecule has 6 fully saturated rings. The number of allylic oxidation sites excluding steroid dienone is 1. The van der Waals surface area contributed by atoms with Gasteiger partial charge < -0.3 is 13.9 Å². The highest BCUT2D eigenvalue weighted by Gasteiger charge is 2.76. The number of Topliss-reactive ketones (excluding diaryl/α,β-unsaturated/α-hetero) is 1.